The first-order valence-electron chi connectivity index (χ1n) is 10.7. The number of anilines is 4. The molecule has 1 unspecified atom stereocenters. The number of nitrogens with one attached hydrogen (secondary N) is 2. The van der Waals surface area contributed by atoms with Crippen LogP contribution in [0.2, 0.25) is 0 Å². The van der Waals surface area contributed by atoms with Gasteiger partial charge in [0.05, 0.1) is 36.5 Å². The second-order valence-corrected chi connectivity index (χ2v) is 9.22. The minimum absolute atomic E-state index is 0.0643. The molecule has 1 atom stereocenters. The van der Waals surface area contributed by atoms with Crippen LogP contribution in [0.3, 0.4) is 0 Å². The van der Waals surface area contributed by atoms with E-state index in [2.05, 4.69) is 35.7 Å². The van der Waals surface area contributed by atoms with Gasteiger partial charge in [0.1, 0.15) is 5.82 Å². The summed E-state index contributed by atoms with van der Waals surface area (Å²) >= 11 is 1.12. The van der Waals surface area contributed by atoms with Crippen molar-refractivity contribution in [3.8, 4) is 0 Å². The van der Waals surface area contributed by atoms with E-state index in [-0.39, 0.29) is 11.7 Å². The van der Waals surface area contributed by atoms with Crippen molar-refractivity contribution in [1.82, 2.24) is 15.0 Å². The fourth-order valence-electron chi connectivity index (χ4n) is 3.44. The topological polar surface area (TPSA) is 87.6 Å². The van der Waals surface area contributed by atoms with Gasteiger partial charge in [-0.3, -0.25) is 4.98 Å². The van der Waals surface area contributed by atoms with E-state index >= 15 is 0 Å². The quantitative estimate of drug-likeness (QED) is 0.188. The van der Waals surface area contributed by atoms with Gasteiger partial charge in [-0.05, 0) is 43.7 Å². The third kappa shape index (κ3) is 6.56. The molecular weight excluding hydrogens is 555 g/mol. The molecule has 1 aliphatic rings. The minimum atomic E-state index is -2.93. The van der Waals surface area contributed by atoms with Crippen LogP contribution < -0.4 is 38.2 Å². The Morgan fingerprint density at radius 1 is 1.21 bits per heavy atom. The van der Waals surface area contributed by atoms with Gasteiger partial charge in [0.25, 0.3) is 0 Å². The van der Waals surface area contributed by atoms with Crippen molar-refractivity contribution in [2.24, 2.45) is 5.10 Å². The van der Waals surface area contributed by atoms with Crippen molar-refractivity contribution in [2.75, 3.05) is 35.3 Å². The van der Waals surface area contributed by atoms with E-state index in [1.165, 1.54) is 12.1 Å². The lowest BCUT2D eigenvalue weighted by molar-refractivity contribution is -0.583. The summed E-state index contributed by atoms with van der Waals surface area (Å²) in [7, 11) is 0. The maximum Gasteiger partial charge on any atom is 0.245 e. The highest BCUT2D eigenvalue weighted by atomic mass is 127. The van der Waals surface area contributed by atoms with E-state index in [4.69, 9.17) is 4.74 Å². The molecule has 3 aromatic rings. The third-order valence-electron chi connectivity index (χ3n) is 5.03. The third-order valence-corrected chi connectivity index (χ3v) is 5.65. The predicted molar refractivity (Wildman–Crippen MR) is 123 cm³/mol. The first-order valence-corrected chi connectivity index (χ1v) is 11.8. The summed E-state index contributed by atoms with van der Waals surface area (Å²) in [5.41, 5.74) is 5.47. The van der Waals surface area contributed by atoms with Crippen molar-refractivity contribution < 1.29 is 36.1 Å². The molecular formula is C23H24F2IN7O-. The number of ether oxygens (including phenoxy) is 1. The number of pyridine rings is 1. The normalized spacial score (nSPS) is 16.6. The number of nitrogens with zero attached hydrogens (tertiary/aromatic N) is 5. The smallest absolute Gasteiger partial charge is 0.245 e. The van der Waals surface area contributed by atoms with Crippen LogP contribution >= 0.6 is 0 Å². The molecule has 1 fully saturated rings. The second kappa shape index (κ2) is 10.6. The number of aromatic nitrogens is 3. The molecule has 1 aromatic carbocycles. The molecule has 0 saturated carbocycles. The SMILES string of the molecule is Cc1cc(N2CCOC(C)C2)nc(N/N=C/c2ccc(Nc3cccc(C(F)(F)[I-])c3)cn2)n1. The molecule has 179 valence electrons. The molecule has 0 bridgehead atoms. The van der Waals surface area contributed by atoms with Crippen molar-refractivity contribution in [3.63, 3.8) is 0 Å². The molecule has 3 heterocycles. The van der Waals surface area contributed by atoms with Crippen molar-refractivity contribution >= 4 is 29.4 Å². The maximum absolute atomic E-state index is 13.5. The summed E-state index contributed by atoms with van der Waals surface area (Å²) < 4.78 is 29.7. The summed E-state index contributed by atoms with van der Waals surface area (Å²) in [4.78, 5) is 15.4. The van der Waals surface area contributed by atoms with Gasteiger partial charge in [0, 0.05) is 30.5 Å². The highest BCUT2D eigenvalue weighted by Crippen LogP contribution is 2.23. The van der Waals surface area contributed by atoms with Gasteiger partial charge in [-0.25, -0.2) is 19.2 Å². The molecule has 4 rings (SSSR count). The molecule has 1 radical (unpaired) electrons. The number of hydrogen-bond acceptors (Lipinski definition) is 8. The lowest BCUT2D eigenvalue weighted by atomic mass is 10.2. The Balaban J connectivity index is 1.38. The number of aryl methyl sites for hydroxylation is 1. The van der Waals surface area contributed by atoms with Crippen LogP contribution in [0.4, 0.5) is 31.9 Å². The largest absolute Gasteiger partial charge is 0.709 e. The summed E-state index contributed by atoms with van der Waals surface area (Å²) in [5.74, 6) is 1.23. The zero-order valence-corrected chi connectivity index (χ0v) is 20.8. The number of alkyl halides is 3. The van der Waals surface area contributed by atoms with E-state index in [0.29, 0.717) is 29.6 Å². The molecule has 11 heteroatoms. The second-order valence-electron chi connectivity index (χ2n) is 7.86. The Bertz CT molecular complexity index is 1150. The summed E-state index contributed by atoms with van der Waals surface area (Å²) in [6.07, 6.45) is 3.32. The molecule has 34 heavy (non-hydrogen) atoms. The Morgan fingerprint density at radius 2 is 2.06 bits per heavy atom. The van der Waals surface area contributed by atoms with Crippen LogP contribution in [0, 0.1) is 6.92 Å². The van der Waals surface area contributed by atoms with Gasteiger partial charge in [-0.2, -0.15) is 10.1 Å². The number of rotatable bonds is 7. The maximum atomic E-state index is 13.5. The molecule has 0 spiro atoms. The van der Waals surface area contributed by atoms with Gasteiger partial charge in [-0.15, -0.1) is 0 Å². The number of morpholine rings is 1. The van der Waals surface area contributed by atoms with Crippen LogP contribution in [0.25, 0.3) is 0 Å². The van der Waals surface area contributed by atoms with E-state index in [0.717, 1.165) is 47.2 Å². The van der Waals surface area contributed by atoms with E-state index in [1.54, 1.807) is 36.7 Å². The standard InChI is InChI=1S/C23H24F2IN7O/c1-15-10-21(33-8-9-34-16(2)14-33)31-22(29-15)32-28-13-19-6-7-20(12-27-19)30-18-5-3-4-17(11-18)23(24,25)26/h3-7,10-13,16,30H,8-9,14H2,1-2H3,(H,29,31,32)/q-1/b28-13+. The summed E-state index contributed by atoms with van der Waals surface area (Å²) in [5, 5.41) is 7.28. The van der Waals surface area contributed by atoms with Crippen molar-refractivity contribution in [1.29, 1.82) is 0 Å². The number of halogens is 3. The van der Waals surface area contributed by atoms with Crippen molar-refractivity contribution in [2.45, 2.75) is 23.9 Å². The van der Waals surface area contributed by atoms with Crippen LogP contribution in [0.1, 0.15) is 23.9 Å². The molecule has 8 nitrogen and oxygen atoms in total. The summed E-state index contributed by atoms with van der Waals surface area (Å²) in [6, 6.07) is 11.6. The Kier molecular flexibility index (Phi) is 7.51. The molecule has 0 aliphatic carbocycles. The summed E-state index contributed by atoms with van der Waals surface area (Å²) in [6.45, 7) is 6.16. The average Bonchev–Trinajstić information content (AvgIpc) is 2.80. The zero-order chi connectivity index (χ0) is 24.1. The minimum Gasteiger partial charge on any atom is -0.709 e. The highest BCUT2D eigenvalue weighted by Gasteiger charge is 2.19. The number of hydrogen-bond donors (Lipinski definition) is 2. The van der Waals surface area contributed by atoms with Gasteiger partial charge in [0.2, 0.25) is 5.95 Å². The van der Waals surface area contributed by atoms with Crippen LogP contribution in [-0.2, 0) is 8.67 Å². The van der Waals surface area contributed by atoms with Gasteiger partial charge in [0.15, 0.2) is 3.93 Å². The average molecular weight is 579 g/mol. The fourth-order valence-corrected chi connectivity index (χ4v) is 3.78. The lowest BCUT2D eigenvalue weighted by Gasteiger charge is -2.32. The highest BCUT2D eigenvalue weighted by molar-refractivity contribution is 5.78. The van der Waals surface area contributed by atoms with Crippen molar-refractivity contribution in [3.05, 3.63) is 65.6 Å². The molecule has 0 amide bonds. The van der Waals surface area contributed by atoms with E-state index < -0.39 is 3.93 Å². The van der Waals surface area contributed by atoms with Crippen LogP contribution in [0.5, 0.6) is 0 Å². The van der Waals surface area contributed by atoms with Gasteiger partial charge < -0.3 is 37.5 Å². The van der Waals surface area contributed by atoms with Gasteiger partial charge in [-0.1, -0.05) is 12.1 Å². The molecule has 2 aromatic heterocycles. The van der Waals surface area contributed by atoms with E-state index in [1.807, 2.05) is 19.9 Å². The number of benzene rings is 1. The monoisotopic (exact) mass is 579 g/mol. The Hall–Kier alpha value is -2.93. The zero-order valence-electron chi connectivity index (χ0n) is 18.7. The predicted octanol–water partition coefficient (Wildman–Crippen LogP) is 1.20. The molecule has 1 saturated heterocycles. The Labute approximate surface area is 210 Å². The van der Waals surface area contributed by atoms with E-state index in [9.17, 15) is 8.78 Å². The fraction of sp³-hybridized carbons (Fsp3) is 0.304. The number of hydrazone groups is 1. The molecule has 2 N–H and O–H groups in total. The van der Waals surface area contributed by atoms with Gasteiger partial charge >= 0.3 is 0 Å². The lowest BCUT2D eigenvalue weighted by Crippen LogP contribution is -3.40. The first kappa shape index (κ1) is 24.2. The van der Waals surface area contributed by atoms with Crippen LogP contribution in [0.15, 0.2) is 53.8 Å². The molecule has 1 aliphatic heterocycles. The Morgan fingerprint density at radius 3 is 2.79 bits per heavy atom. The first-order chi connectivity index (χ1) is 16.3. The van der Waals surface area contributed by atoms with Crippen LogP contribution in [-0.4, -0.2) is 47.0 Å².